The normalized spacial score (nSPS) is 14.8. The molecular weight excluding hydrogens is 416 g/mol. The van der Waals surface area contributed by atoms with Crippen molar-refractivity contribution in [3.05, 3.63) is 76.6 Å². The monoisotopic (exact) mass is 430 g/mol. The van der Waals surface area contributed by atoms with Crippen LogP contribution in [0.2, 0.25) is 0 Å². The van der Waals surface area contributed by atoms with Crippen molar-refractivity contribution in [2.75, 3.05) is 18.6 Å². The summed E-state index contributed by atoms with van der Waals surface area (Å²) in [6.45, 7) is -0.611. The quantitative estimate of drug-likeness (QED) is 0.482. The number of anilines is 1. The molecule has 0 spiro atoms. The molecule has 4 amide bonds. The number of imide groups is 2. The van der Waals surface area contributed by atoms with Crippen molar-refractivity contribution in [1.82, 2.24) is 15.1 Å². The van der Waals surface area contributed by atoms with Gasteiger partial charge in [0.15, 0.2) is 0 Å². The molecule has 5 rings (SSSR count). The first kappa shape index (κ1) is 19.4. The number of methoxy groups -OCH3 is 1. The van der Waals surface area contributed by atoms with Gasteiger partial charge in [0.1, 0.15) is 22.7 Å². The fourth-order valence-electron chi connectivity index (χ4n) is 3.86. The Kier molecular flexibility index (Phi) is 4.22. The second-order valence-corrected chi connectivity index (χ2v) is 7.10. The number of para-hydroxylation sites is 2. The van der Waals surface area contributed by atoms with E-state index in [4.69, 9.17) is 4.74 Å². The van der Waals surface area contributed by atoms with Crippen LogP contribution in [0, 0.1) is 0 Å². The Bertz CT molecular complexity index is 1320. The van der Waals surface area contributed by atoms with E-state index in [1.54, 1.807) is 30.3 Å². The van der Waals surface area contributed by atoms with Crippen LogP contribution in [0.3, 0.4) is 0 Å². The van der Waals surface area contributed by atoms with E-state index in [9.17, 15) is 24.0 Å². The first-order valence-corrected chi connectivity index (χ1v) is 9.52. The molecule has 0 aliphatic carbocycles. The maximum Gasteiger partial charge on any atom is 0.284 e. The Morgan fingerprint density at radius 3 is 2.19 bits per heavy atom. The van der Waals surface area contributed by atoms with Gasteiger partial charge in [0, 0.05) is 0 Å². The van der Waals surface area contributed by atoms with Crippen LogP contribution < -0.4 is 9.64 Å². The molecule has 0 unspecified atom stereocenters. The summed E-state index contributed by atoms with van der Waals surface area (Å²) in [6.07, 6.45) is 0. The maximum atomic E-state index is 13.1. The number of benzene rings is 2. The molecule has 2 aliphatic rings. The van der Waals surface area contributed by atoms with Gasteiger partial charge in [0.2, 0.25) is 5.78 Å². The predicted octanol–water partition coefficient (Wildman–Crippen LogP) is 1.70. The number of aromatic nitrogens is 2. The maximum absolute atomic E-state index is 13.1. The molecule has 0 fully saturated rings. The summed E-state index contributed by atoms with van der Waals surface area (Å²) in [5.41, 5.74) is -0.0490. The third-order valence-electron chi connectivity index (χ3n) is 5.37. The number of hydrogen-bond donors (Lipinski definition) is 1. The highest BCUT2D eigenvalue weighted by Crippen LogP contribution is 2.35. The first-order valence-electron chi connectivity index (χ1n) is 9.52. The lowest BCUT2D eigenvalue weighted by Crippen LogP contribution is -2.36. The molecule has 3 heterocycles. The molecule has 0 bridgehead atoms. The average Bonchev–Trinajstić information content (AvgIpc) is 3.43. The summed E-state index contributed by atoms with van der Waals surface area (Å²) in [5.74, 6) is -3.12. The average molecular weight is 430 g/mol. The number of fused-ring (bicyclic) bond motifs is 2. The largest absolute Gasteiger partial charge is 0.495 e. The Morgan fingerprint density at radius 1 is 0.906 bits per heavy atom. The van der Waals surface area contributed by atoms with Crippen molar-refractivity contribution in [1.29, 1.82) is 0 Å². The molecule has 0 saturated heterocycles. The number of nitrogens with one attached hydrogen (secondary N) is 1. The molecule has 0 atom stereocenters. The van der Waals surface area contributed by atoms with Crippen LogP contribution in [0.15, 0.2) is 48.5 Å². The van der Waals surface area contributed by atoms with Crippen LogP contribution in [0.5, 0.6) is 5.75 Å². The number of Topliss-reactive ketones (excluding diaryl/α,β-unsaturated/α-hetero) is 1. The summed E-state index contributed by atoms with van der Waals surface area (Å²) in [5, 5.41) is 6.26. The first-order chi connectivity index (χ1) is 15.4. The lowest BCUT2D eigenvalue weighted by atomic mass is 10.1. The van der Waals surface area contributed by atoms with E-state index in [0.717, 1.165) is 9.80 Å². The summed E-state index contributed by atoms with van der Waals surface area (Å²) >= 11 is 0. The van der Waals surface area contributed by atoms with Gasteiger partial charge >= 0.3 is 0 Å². The van der Waals surface area contributed by atoms with Crippen LogP contribution in [0.1, 0.15) is 52.1 Å². The molecule has 2 aromatic carbocycles. The summed E-state index contributed by atoms with van der Waals surface area (Å²) in [4.78, 5) is 65.7. The van der Waals surface area contributed by atoms with Gasteiger partial charge in [-0.15, -0.1) is 0 Å². The van der Waals surface area contributed by atoms with Gasteiger partial charge in [-0.2, -0.15) is 5.10 Å². The van der Waals surface area contributed by atoms with Gasteiger partial charge in [0.05, 0.1) is 30.5 Å². The molecule has 1 N–H and O–H groups in total. The van der Waals surface area contributed by atoms with E-state index in [2.05, 4.69) is 10.2 Å². The molecule has 10 heteroatoms. The van der Waals surface area contributed by atoms with Crippen LogP contribution in [0.25, 0.3) is 0 Å². The number of aromatic amines is 1. The summed E-state index contributed by atoms with van der Waals surface area (Å²) in [7, 11) is 1.40. The Labute approximate surface area is 180 Å². The zero-order chi connectivity index (χ0) is 22.6. The molecule has 10 nitrogen and oxygen atoms in total. The van der Waals surface area contributed by atoms with E-state index in [0.29, 0.717) is 5.75 Å². The fraction of sp³-hybridized carbons (Fsp3) is 0.0909. The predicted molar refractivity (Wildman–Crippen MR) is 109 cm³/mol. The molecule has 2 aliphatic heterocycles. The van der Waals surface area contributed by atoms with Crippen LogP contribution in [0.4, 0.5) is 5.69 Å². The number of rotatable bonds is 5. The third kappa shape index (κ3) is 2.59. The molecular formula is C22H14N4O6. The number of H-pyrrole nitrogens is 1. The highest BCUT2D eigenvalue weighted by atomic mass is 16.5. The fourth-order valence-corrected chi connectivity index (χ4v) is 3.86. The zero-order valence-corrected chi connectivity index (χ0v) is 16.6. The van der Waals surface area contributed by atoms with E-state index >= 15 is 0 Å². The lowest BCUT2D eigenvalue weighted by Gasteiger charge is -2.17. The highest BCUT2D eigenvalue weighted by Gasteiger charge is 2.44. The molecule has 3 aromatic rings. The molecule has 32 heavy (non-hydrogen) atoms. The third-order valence-corrected chi connectivity index (χ3v) is 5.37. The Morgan fingerprint density at radius 2 is 1.53 bits per heavy atom. The number of ketones is 1. The Hall–Kier alpha value is -4.60. The Balaban J connectivity index is 1.46. The van der Waals surface area contributed by atoms with E-state index < -0.39 is 36.0 Å². The SMILES string of the molecule is COc1ccccc1N1C(=O)c2[nH]nc(C(=O)CN3C(=O)c4ccccc4C3=O)c2C1=O. The molecule has 1 aromatic heterocycles. The second-order valence-electron chi connectivity index (χ2n) is 7.10. The van der Waals surface area contributed by atoms with Gasteiger partial charge in [-0.25, -0.2) is 4.90 Å². The standard InChI is InChI=1S/C22H14N4O6/c1-32-15-9-5-4-8-13(15)26-21(30)16-17(23-24-18(16)22(26)31)14(27)10-25-19(28)11-6-2-3-7-12(11)20(25)29/h2-9H,10H2,1H3,(H,23,24). The topological polar surface area (TPSA) is 130 Å². The number of carbonyl (C=O) groups is 5. The second kappa shape index (κ2) is 6.98. The minimum absolute atomic E-state index is 0.147. The molecule has 158 valence electrons. The van der Waals surface area contributed by atoms with Crippen molar-refractivity contribution < 1.29 is 28.7 Å². The number of amides is 4. The number of carbonyl (C=O) groups excluding carboxylic acids is 5. The highest BCUT2D eigenvalue weighted by molar-refractivity contribution is 6.36. The lowest BCUT2D eigenvalue weighted by molar-refractivity contribution is 0.0623. The van der Waals surface area contributed by atoms with Crippen LogP contribution >= 0.6 is 0 Å². The minimum atomic E-state index is -0.756. The van der Waals surface area contributed by atoms with Crippen molar-refractivity contribution >= 4 is 35.1 Å². The minimum Gasteiger partial charge on any atom is -0.495 e. The van der Waals surface area contributed by atoms with Crippen LogP contribution in [-0.2, 0) is 0 Å². The zero-order valence-electron chi connectivity index (χ0n) is 16.6. The van der Waals surface area contributed by atoms with Gasteiger partial charge in [-0.1, -0.05) is 24.3 Å². The molecule has 0 saturated carbocycles. The van der Waals surface area contributed by atoms with Crippen molar-refractivity contribution in [2.24, 2.45) is 0 Å². The van der Waals surface area contributed by atoms with Crippen molar-refractivity contribution in [3.63, 3.8) is 0 Å². The summed E-state index contributed by atoms with van der Waals surface area (Å²) in [6, 6.07) is 12.7. The summed E-state index contributed by atoms with van der Waals surface area (Å²) < 4.78 is 5.23. The van der Waals surface area contributed by atoms with E-state index in [-0.39, 0.29) is 33.8 Å². The number of nitrogens with zero attached hydrogens (tertiary/aromatic N) is 3. The van der Waals surface area contributed by atoms with Gasteiger partial charge in [-0.05, 0) is 24.3 Å². The van der Waals surface area contributed by atoms with Gasteiger partial charge in [-0.3, -0.25) is 34.0 Å². The van der Waals surface area contributed by atoms with Crippen molar-refractivity contribution in [2.45, 2.75) is 0 Å². The smallest absolute Gasteiger partial charge is 0.284 e. The number of hydrogen-bond acceptors (Lipinski definition) is 7. The van der Waals surface area contributed by atoms with E-state index in [1.165, 1.54) is 25.3 Å². The van der Waals surface area contributed by atoms with Gasteiger partial charge < -0.3 is 4.74 Å². The van der Waals surface area contributed by atoms with Crippen molar-refractivity contribution in [3.8, 4) is 5.75 Å². The number of ether oxygens (including phenoxy) is 1. The molecule has 0 radical (unpaired) electrons. The van der Waals surface area contributed by atoms with E-state index in [1.807, 2.05) is 0 Å². The van der Waals surface area contributed by atoms with Crippen LogP contribution in [-0.4, -0.2) is 58.2 Å². The van der Waals surface area contributed by atoms with Gasteiger partial charge in [0.25, 0.3) is 23.6 Å².